The third-order valence-electron chi connectivity index (χ3n) is 9.06. The quantitative estimate of drug-likeness (QED) is 0.325. The predicted molar refractivity (Wildman–Crippen MR) is 167 cm³/mol. The number of nitrogens with one attached hydrogen (secondary N) is 1. The molecule has 4 aromatic rings. The second-order valence-electron chi connectivity index (χ2n) is 11.7. The van der Waals surface area contributed by atoms with Crippen LogP contribution in [0.5, 0.6) is 0 Å². The number of piperazine rings is 1. The van der Waals surface area contributed by atoms with Crippen LogP contribution < -0.4 is 11.1 Å². The summed E-state index contributed by atoms with van der Waals surface area (Å²) >= 11 is 0. The van der Waals surface area contributed by atoms with Crippen molar-refractivity contribution in [1.82, 2.24) is 19.7 Å². The first-order valence-corrected chi connectivity index (χ1v) is 15.3. The molecule has 0 bridgehead atoms. The Balaban J connectivity index is 1.13. The number of hydrogen-bond donors (Lipinski definition) is 2. The Morgan fingerprint density at radius 1 is 0.814 bits per heavy atom. The lowest BCUT2D eigenvalue weighted by Crippen LogP contribution is -2.56. The lowest BCUT2D eigenvalue weighted by molar-refractivity contribution is -0.133. The van der Waals surface area contributed by atoms with Crippen LogP contribution in [-0.2, 0) is 16.1 Å². The van der Waals surface area contributed by atoms with Crippen molar-refractivity contribution in [2.45, 2.75) is 44.3 Å². The van der Waals surface area contributed by atoms with Gasteiger partial charge in [-0.3, -0.25) is 19.3 Å². The van der Waals surface area contributed by atoms with E-state index in [0.29, 0.717) is 38.3 Å². The molecule has 8 nitrogen and oxygen atoms in total. The molecular weight excluding hydrogens is 538 g/mol. The third-order valence-corrected chi connectivity index (χ3v) is 9.06. The fourth-order valence-corrected chi connectivity index (χ4v) is 6.82. The highest BCUT2D eigenvalue weighted by Gasteiger charge is 2.38. The van der Waals surface area contributed by atoms with Crippen molar-refractivity contribution in [1.29, 1.82) is 0 Å². The van der Waals surface area contributed by atoms with Gasteiger partial charge in [0.1, 0.15) is 6.04 Å². The number of aromatic nitrogens is 1. The van der Waals surface area contributed by atoms with Crippen molar-refractivity contribution in [3.63, 3.8) is 0 Å². The maximum absolute atomic E-state index is 13.8. The van der Waals surface area contributed by atoms with Gasteiger partial charge in [-0.05, 0) is 30.0 Å². The van der Waals surface area contributed by atoms with E-state index in [1.165, 1.54) is 5.56 Å². The van der Waals surface area contributed by atoms with Gasteiger partial charge in [0.15, 0.2) is 0 Å². The van der Waals surface area contributed by atoms with Crippen LogP contribution in [0.2, 0.25) is 0 Å². The van der Waals surface area contributed by atoms with Gasteiger partial charge in [-0.1, -0.05) is 91.7 Å². The zero-order chi connectivity index (χ0) is 29.8. The molecule has 2 heterocycles. The minimum absolute atomic E-state index is 0.0489. The number of amides is 3. The molecule has 43 heavy (non-hydrogen) atoms. The molecule has 1 saturated carbocycles. The van der Waals surface area contributed by atoms with E-state index in [2.05, 4.69) is 33.0 Å². The average Bonchev–Trinajstić information content (AvgIpc) is 3.42. The maximum atomic E-state index is 13.8. The summed E-state index contributed by atoms with van der Waals surface area (Å²) in [5.74, 6) is -0.864. The molecule has 0 spiro atoms. The minimum atomic E-state index is -0.852. The van der Waals surface area contributed by atoms with E-state index in [9.17, 15) is 14.4 Å². The summed E-state index contributed by atoms with van der Waals surface area (Å²) in [7, 11) is 0. The lowest BCUT2D eigenvalue weighted by atomic mass is 9.82. The van der Waals surface area contributed by atoms with Crippen molar-refractivity contribution in [3.05, 3.63) is 108 Å². The molecule has 6 rings (SSSR count). The third kappa shape index (κ3) is 6.20. The van der Waals surface area contributed by atoms with Crippen molar-refractivity contribution in [2.24, 2.45) is 11.7 Å². The Morgan fingerprint density at radius 2 is 1.47 bits per heavy atom. The van der Waals surface area contributed by atoms with Gasteiger partial charge in [0.05, 0.1) is 11.5 Å². The molecule has 1 aromatic heterocycles. The van der Waals surface area contributed by atoms with E-state index in [4.69, 9.17) is 5.73 Å². The Morgan fingerprint density at radius 3 is 2.19 bits per heavy atom. The Bertz CT molecular complexity index is 1580. The normalized spacial score (nSPS) is 20.0. The highest BCUT2D eigenvalue weighted by molar-refractivity contribution is 6.07. The SMILES string of the molecule is NC(=O)[C@@H](NC(=O)C1CCCCC1N1CCN(C(=O)c2cn(Cc3ccccc3)c3ccccc23)CC1)c1ccccc1. The van der Waals surface area contributed by atoms with Gasteiger partial charge in [0, 0.05) is 55.9 Å². The zero-order valence-electron chi connectivity index (χ0n) is 24.4. The number of benzene rings is 3. The van der Waals surface area contributed by atoms with Gasteiger partial charge < -0.3 is 20.5 Å². The molecule has 222 valence electrons. The number of carbonyl (C=O) groups excluding carboxylic acids is 3. The Labute approximate surface area is 252 Å². The summed E-state index contributed by atoms with van der Waals surface area (Å²) in [6.07, 6.45) is 5.73. The second-order valence-corrected chi connectivity index (χ2v) is 11.7. The number of nitrogens with two attached hydrogens (primary N) is 1. The van der Waals surface area contributed by atoms with Crippen LogP contribution in [0.15, 0.2) is 91.1 Å². The van der Waals surface area contributed by atoms with E-state index in [-0.39, 0.29) is 23.8 Å². The van der Waals surface area contributed by atoms with Gasteiger partial charge in [-0.2, -0.15) is 0 Å². The monoisotopic (exact) mass is 577 g/mol. The smallest absolute Gasteiger partial charge is 0.256 e. The number of rotatable bonds is 8. The highest BCUT2D eigenvalue weighted by Crippen LogP contribution is 2.31. The number of para-hydroxylation sites is 1. The Hall–Kier alpha value is -4.43. The molecule has 3 N–H and O–H groups in total. The van der Waals surface area contributed by atoms with Gasteiger partial charge >= 0.3 is 0 Å². The van der Waals surface area contributed by atoms with E-state index >= 15 is 0 Å². The van der Waals surface area contributed by atoms with Crippen LogP contribution in [-0.4, -0.2) is 64.3 Å². The number of fused-ring (bicyclic) bond motifs is 1. The molecule has 1 aliphatic carbocycles. The molecule has 2 fully saturated rings. The van der Waals surface area contributed by atoms with E-state index < -0.39 is 11.9 Å². The number of primary amides is 1. The van der Waals surface area contributed by atoms with Crippen molar-refractivity contribution >= 4 is 28.6 Å². The predicted octanol–water partition coefficient (Wildman–Crippen LogP) is 4.35. The van der Waals surface area contributed by atoms with Crippen LogP contribution in [0.25, 0.3) is 10.9 Å². The summed E-state index contributed by atoms with van der Waals surface area (Å²) in [5, 5.41) is 3.92. The molecule has 2 unspecified atom stereocenters. The topological polar surface area (TPSA) is 101 Å². The molecule has 8 heteroatoms. The first-order chi connectivity index (χ1) is 21.0. The molecule has 1 aliphatic heterocycles. The van der Waals surface area contributed by atoms with E-state index in [1.807, 2.05) is 77.8 Å². The zero-order valence-corrected chi connectivity index (χ0v) is 24.4. The maximum Gasteiger partial charge on any atom is 0.256 e. The van der Waals surface area contributed by atoms with Crippen molar-refractivity contribution in [3.8, 4) is 0 Å². The molecule has 1 saturated heterocycles. The summed E-state index contributed by atoms with van der Waals surface area (Å²) < 4.78 is 2.16. The van der Waals surface area contributed by atoms with Crippen LogP contribution in [0.4, 0.5) is 0 Å². The van der Waals surface area contributed by atoms with Gasteiger partial charge in [0.2, 0.25) is 11.8 Å². The van der Waals surface area contributed by atoms with Gasteiger partial charge in [0.25, 0.3) is 5.91 Å². The standard InChI is InChI=1S/C35H39N5O3/c36-33(41)32(26-13-5-2-6-14-26)37-34(42)28-16-8-10-18-31(28)38-19-21-39(22-20-38)35(43)29-24-40(23-25-11-3-1-4-12-25)30-17-9-7-15-27(29)30/h1-7,9,11-15,17,24,28,31-32H,8,10,16,18-23H2,(H2,36,41)(H,37,42)/t28?,31?,32-/m0/s1. The van der Waals surface area contributed by atoms with Crippen LogP contribution in [0, 0.1) is 5.92 Å². The summed E-state index contributed by atoms with van der Waals surface area (Å²) in [4.78, 5) is 43.9. The van der Waals surface area contributed by atoms with Gasteiger partial charge in [-0.15, -0.1) is 0 Å². The first kappa shape index (κ1) is 28.7. The molecule has 3 aromatic carbocycles. The molecule has 2 aliphatic rings. The van der Waals surface area contributed by atoms with Crippen LogP contribution >= 0.6 is 0 Å². The van der Waals surface area contributed by atoms with Crippen molar-refractivity contribution in [2.75, 3.05) is 26.2 Å². The fourth-order valence-electron chi connectivity index (χ4n) is 6.82. The average molecular weight is 578 g/mol. The lowest BCUT2D eigenvalue weighted by Gasteiger charge is -2.43. The van der Waals surface area contributed by atoms with Crippen LogP contribution in [0.1, 0.15) is 53.2 Å². The number of nitrogens with zero attached hydrogens (tertiary/aromatic N) is 3. The molecule has 0 radical (unpaired) electrons. The fraction of sp³-hybridized carbons (Fsp3) is 0.343. The number of carbonyl (C=O) groups is 3. The second kappa shape index (κ2) is 12.8. The Kier molecular flexibility index (Phi) is 8.56. The molecular formula is C35H39N5O3. The largest absolute Gasteiger partial charge is 0.368 e. The van der Waals surface area contributed by atoms with Crippen LogP contribution in [0.3, 0.4) is 0 Å². The summed E-state index contributed by atoms with van der Waals surface area (Å²) in [6.45, 7) is 3.33. The van der Waals surface area contributed by atoms with E-state index in [1.54, 1.807) is 0 Å². The summed E-state index contributed by atoms with van der Waals surface area (Å²) in [6, 6.07) is 26.8. The minimum Gasteiger partial charge on any atom is -0.368 e. The highest BCUT2D eigenvalue weighted by atomic mass is 16.2. The van der Waals surface area contributed by atoms with Crippen molar-refractivity contribution < 1.29 is 14.4 Å². The molecule has 3 atom stereocenters. The summed E-state index contributed by atoms with van der Waals surface area (Å²) in [5.41, 5.74) is 9.34. The van der Waals surface area contributed by atoms with E-state index in [0.717, 1.165) is 42.1 Å². The van der Waals surface area contributed by atoms with Gasteiger partial charge in [-0.25, -0.2) is 0 Å². The first-order valence-electron chi connectivity index (χ1n) is 15.3. The number of hydrogen-bond acceptors (Lipinski definition) is 4. The molecule has 3 amide bonds.